The lowest BCUT2D eigenvalue weighted by atomic mass is 10.0. The predicted molar refractivity (Wildman–Crippen MR) is 89.9 cm³/mol. The third-order valence-electron chi connectivity index (χ3n) is 4.17. The van der Waals surface area contributed by atoms with E-state index in [-0.39, 0.29) is 0 Å². The topological polar surface area (TPSA) is 79.8 Å². The molecule has 23 heavy (non-hydrogen) atoms. The average Bonchev–Trinajstić information content (AvgIpc) is 3.02. The second-order valence-electron chi connectivity index (χ2n) is 5.62. The zero-order chi connectivity index (χ0) is 16.4. The monoisotopic (exact) mass is 323 g/mol. The van der Waals surface area contributed by atoms with E-state index >= 15 is 0 Å². The second-order valence-corrected chi connectivity index (χ2v) is 6.71. The molecule has 0 spiro atoms. The number of hydrogen-bond acceptors (Lipinski definition) is 4. The van der Waals surface area contributed by atoms with E-state index in [9.17, 15) is 10.1 Å². The summed E-state index contributed by atoms with van der Waals surface area (Å²) in [5.41, 5.74) is 10.2. The van der Waals surface area contributed by atoms with Gasteiger partial charge in [-0.3, -0.25) is 4.79 Å². The fraction of sp³-hybridized carbons (Fsp3) is 0.278. The van der Waals surface area contributed by atoms with Gasteiger partial charge >= 0.3 is 0 Å². The van der Waals surface area contributed by atoms with Crippen molar-refractivity contribution in [3.05, 3.63) is 58.3 Å². The van der Waals surface area contributed by atoms with Crippen molar-refractivity contribution in [2.75, 3.05) is 0 Å². The minimum atomic E-state index is -0.547. The molecular formula is C18H17N3OS. The molecule has 1 aromatic carbocycles. The molecule has 2 aromatic rings. The summed E-state index contributed by atoms with van der Waals surface area (Å²) in [4.78, 5) is 16.6. The Morgan fingerprint density at radius 3 is 2.74 bits per heavy atom. The minimum Gasteiger partial charge on any atom is -0.368 e. The van der Waals surface area contributed by atoms with E-state index in [0.717, 1.165) is 36.1 Å². The fourth-order valence-electron chi connectivity index (χ4n) is 2.99. The number of nitriles is 1. The van der Waals surface area contributed by atoms with Crippen molar-refractivity contribution >= 4 is 17.7 Å². The maximum absolute atomic E-state index is 11.9. The maximum atomic E-state index is 11.9. The molecular weight excluding hydrogens is 306 g/mol. The van der Waals surface area contributed by atoms with Crippen LogP contribution in [0.25, 0.3) is 0 Å². The largest absolute Gasteiger partial charge is 0.368 e. The van der Waals surface area contributed by atoms with Gasteiger partial charge in [-0.05, 0) is 42.9 Å². The molecule has 3 rings (SSSR count). The average molecular weight is 323 g/mol. The van der Waals surface area contributed by atoms with E-state index in [4.69, 9.17) is 5.73 Å². The lowest BCUT2D eigenvalue weighted by Crippen LogP contribution is -2.19. The van der Waals surface area contributed by atoms with Crippen LogP contribution in [-0.4, -0.2) is 10.9 Å². The summed E-state index contributed by atoms with van der Waals surface area (Å²) in [5.74, 6) is -0.426. The quantitative estimate of drug-likeness (QED) is 0.877. The van der Waals surface area contributed by atoms with Gasteiger partial charge in [0.2, 0.25) is 5.91 Å². The van der Waals surface area contributed by atoms with E-state index in [1.54, 1.807) is 0 Å². The first-order valence-electron chi connectivity index (χ1n) is 7.55. The molecule has 1 aromatic heterocycles. The summed E-state index contributed by atoms with van der Waals surface area (Å²) < 4.78 is 0. The minimum absolute atomic E-state index is 0.426. The van der Waals surface area contributed by atoms with Gasteiger partial charge < -0.3 is 5.73 Å². The number of amides is 1. The first kappa shape index (κ1) is 15.6. The SMILES string of the molecule is Cc1c(C#N)c(SC(C(N)=O)c2ccccc2)nc2c1CCC2. The van der Waals surface area contributed by atoms with Crippen molar-refractivity contribution in [2.45, 2.75) is 36.5 Å². The summed E-state index contributed by atoms with van der Waals surface area (Å²) in [6, 6.07) is 11.6. The molecule has 0 saturated heterocycles. The first-order chi connectivity index (χ1) is 11.1. The van der Waals surface area contributed by atoms with Crippen LogP contribution in [0.3, 0.4) is 0 Å². The number of hydrogen-bond donors (Lipinski definition) is 1. The number of nitrogens with two attached hydrogens (primary N) is 1. The van der Waals surface area contributed by atoms with Crippen LogP contribution < -0.4 is 5.73 Å². The van der Waals surface area contributed by atoms with Crippen LogP contribution in [0.15, 0.2) is 35.4 Å². The van der Waals surface area contributed by atoms with Crippen molar-refractivity contribution in [2.24, 2.45) is 5.73 Å². The van der Waals surface area contributed by atoms with E-state index < -0.39 is 11.2 Å². The summed E-state index contributed by atoms with van der Waals surface area (Å²) in [5, 5.41) is 9.60. The molecule has 0 saturated carbocycles. The third kappa shape index (κ3) is 2.95. The summed E-state index contributed by atoms with van der Waals surface area (Å²) in [7, 11) is 0. The molecule has 0 fully saturated rings. The highest BCUT2D eigenvalue weighted by atomic mass is 32.2. The molecule has 0 bridgehead atoms. The van der Waals surface area contributed by atoms with Crippen LogP contribution in [0.1, 0.15) is 39.6 Å². The molecule has 1 amide bonds. The molecule has 1 aliphatic rings. The Balaban J connectivity index is 2.03. The van der Waals surface area contributed by atoms with Crippen molar-refractivity contribution in [3.63, 3.8) is 0 Å². The highest BCUT2D eigenvalue weighted by Crippen LogP contribution is 2.38. The number of primary amides is 1. The smallest absolute Gasteiger partial charge is 0.235 e. The van der Waals surface area contributed by atoms with Gasteiger partial charge in [0.1, 0.15) is 16.3 Å². The summed E-state index contributed by atoms with van der Waals surface area (Å²) in [6.07, 6.45) is 2.98. The number of aromatic nitrogens is 1. The summed E-state index contributed by atoms with van der Waals surface area (Å²) >= 11 is 1.27. The predicted octanol–water partition coefficient (Wildman–Crippen LogP) is 3.07. The number of carbonyl (C=O) groups excluding carboxylic acids is 1. The normalized spacial score (nSPS) is 14.1. The number of carbonyl (C=O) groups is 1. The Morgan fingerprint density at radius 2 is 2.09 bits per heavy atom. The van der Waals surface area contributed by atoms with E-state index in [1.807, 2.05) is 37.3 Å². The van der Waals surface area contributed by atoms with Crippen molar-refractivity contribution in [1.82, 2.24) is 4.98 Å². The Labute approximate surface area is 139 Å². The lowest BCUT2D eigenvalue weighted by Gasteiger charge is -2.16. The molecule has 1 atom stereocenters. The van der Waals surface area contributed by atoms with Crippen LogP contribution in [-0.2, 0) is 17.6 Å². The van der Waals surface area contributed by atoms with E-state index in [0.29, 0.717) is 10.6 Å². The van der Waals surface area contributed by atoms with Gasteiger partial charge in [0.25, 0.3) is 0 Å². The zero-order valence-corrected chi connectivity index (χ0v) is 13.7. The van der Waals surface area contributed by atoms with Gasteiger partial charge in [-0.15, -0.1) is 0 Å². The lowest BCUT2D eigenvalue weighted by molar-refractivity contribution is -0.117. The van der Waals surface area contributed by atoms with Crippen LogP contribution in [0.2, 0.25) is 0 Å². The standard InChI is InChI=1S/C18H17N3OS/c1-11-13-8-5-9-15(13)21-18(14(11)10-19)23-16(17(20)22)12-6-3-2-4-7-12/h2-4,6-7,16H,5,8-9H2,1H3,(H2,20,22). The van der Waals surface area contributed by atoms with Crippen LogP contribution in [0, 0.1) is 18.3 Å². The van der Waals surface area contributed by atoms with E-state index in [1.165, 1.54) is 17.3 Å². The number of thioether (sulfide) groups is 1. The Hall–Kier alpha value is -2.32. The number of pyridine rings is 1. The van der Waals surface area contributed by atoms with Gasteiger partial charge in [0.15, 0.2) is 0 Å². The molecule has 1 unspecified atom stereocenters. The van der Waals surface area contributed by atoms with Crippen LogP contribution in [0.5, 0.6) is 0 Å². The number of fused-ring (bicyclic) bond motifs is 1. The van der Waals surface area contributed by atoms with Crippen LogP contribution in [0.4, 0.5) is 0 Å². The molecule has 0 radical (unpaired) electrons. The molecule has 5 heteroatoms. The van der Waals surface area contributed by atoms with Gasteiger partial charge in [0.05, 0.1) is 5.56 Å². The number of rotatable bonds is 4. The number of nitrogens with zero attached hydrogens (tertiary/aromatic N) is 2. The molecule has 0 aliphatic heterocycles. The third-order valence-corrected chi connectivity index (χ3v) is 5.43. The van der Waals surface area contributed by atoms with Gasteiger partial charge in [-0.2, -0.15) is 5.26 Å². The second kappa shape index (κ2) is 6.43. The Bertz CT molecular complexity index is 796. The molecule has 1 heterocycles. The van der Waals surface area contributed by atoms with Gasteiger partial charge in [-0.25, -0.2) is 4.98 Å². The van der Waals surface area contributed by atoms with Gasteiger partial charge in [0, 0.05) is 5.69 Å². The van der Waals surface area contributed by atoms with Crippen molar-refractivity contribution in [1.29, 1.82) is 5.26 Å². The zero-order valence-electron chi connectivity index (χ0n) is 12.9. The Morgan fingerprint density at radius 1 is 1.35 bits per heavy atom. The van der Waals surface area contributed by atoms with Gasteiger partial charge in [-0.1, -0.05) is 42.1 Å². The highest BCUT2D eigenvalue weighted by molar-refractivity contribution is 8.00. The fourth-order valence-corrected chi connectivity index (χ4v) is 4.10. The van der Waals surface area contributed by atoms with Crippen LogP contribution >= 0.6 is 11.8 Å². The first-order valence-corrected chi connectivity index (χ1v) is 8.43. The van der Waals surface area contributed by atoms with E-state index in [2.05, 4.69) is 11.1 Å². The number of benzene rings is 1. The highest BCUT2D eigenvalue weighted by Gasteiger charge is 2.25. The molecule has 116 valence electrons. The Kier molecular flexibility index (Phi) is 4.35. The van der Waals surface area contributed by atoms with Crippen molar-refractivity contribution in [3.8, 4) is 6.07 Å². The summed E-state index contributed by atoms with van der Waals surface area (Å²) in [6.45, 7) is 1.97. The maximum Gasteiger partial charge on any atom is 0.235 e. The molecule has 4 nitrogen and oxygen atoms in total. The molecule has 1 aliphatic carbocycles. The van der Waals surface area contributed by atoms with Crippen molar-refractivity contribution < 1.29 is 4.79 Å². The molecule has 2 N–H and O–H groups in total. The number of aryl methyl sites for hydroxylation is 1.